The summed E-state index contributed by atoms with van der Waals surface area (Å²) in [6, 6.07) is 7.16. The van der Waals surface area contributed by atoms with Crippen LogP contribution in [0.5, 0.6) is 5.75 Å². The maximum absolute atomic E-state index is 11.6. The Hall–Kier alpha value is -1.97. The van der Waals surface area contributed by atoms with Crippen molar-refractivity contribution in [3.8, 4) is 5.75 Å². The predicted octanol–water partition coefficient (Wildman–Crippen LogP) is 6.71. The molecular weight excluding hydrogens is 422 g/mol. The van der Waals surface area contributed by atoms with Crippen LogP contribution in [0.4, 0.5) is 5.69 Å². The number of benzene rings is 1. The number of methoxy groups -OCH3 is 1. The molecule has 9 atom stereocenters. The lowest BCUT2D eigenvalue weighted by Gasteiger charge is -2.58. The lowest BCUT2D eigenvalue weighted by molar-refractivity contribution is -0.148. The van der Waals surface area contributed by atoms with Gasteiger partial charge in [0.25, 0.3) is 0 Å². The second-order valence-corrected chi connectivity index (χ2v) is 12.5. The molecule has 3 saturated carbocycles. The number of fused-ring (bicyclic) bond motifs is 8. The van der Waals surface area contributed by atoms with Crippen molar-refractivity contribution in [3.05, 3.63) is 35.4 Å². The van der Waals surface area contributed by atoms with E-state index in [-0.39, 0.29) is 17.5 Å². The average Bonchev–Trinajstić information content (AvgIpc) is 3.11. The Morgan fingerprint density at radius 2 is 1.97 bits per heavy atom. The maximum atomic E-state index is 11.6. The number of rotatable bonds is 2. The molecule has 0 amide bonds. The minimum atomic E-state index is -0.134. The van der Waals surface area contributed by atoms with Crippen molar-refractivity contribution in [1.82, 2.24) is 0 Å². The molecule has 4 nitrogen and oxygen atoms in total. The molecule has 0 spiro atoms. The van der Waals surface area contributed by atoms with Crippen molar-refractivity contribution in [1.29, 1.82) is 0 Å². The smallest absolute Gasteiger partial charge is 0.302 e. The first-order valence-electron chi connectivity index (χ1n) is 13.6. The van der Waals surface area contributed by atoms with Crippen LogP contribution in [-0.2, 0) is 9.53 Å². The molecule has 1 aromatic rings. The van der Waals surface area contributed by atoms with Crippen LogP contribution in [0.15, 0.2) is 29.8 Å². The molecule has 34 heavy (non-hydrogen) atoms. The number of hydrogen-bond acceptors (Lipinski definition) is 4. The highest BCUT2D eigenvalue weighted by Crippen LogP contribution is 2.69. The first-order valence-corrected chi connectivity index (χ1v) is 13.6. The van der Waals surface area contributed by atoms with E-state index in [0.717, 1.165) is 42.8 Å². The van der Waals surface area contributed by atoms with E-state index in [1.807, 2.05) is 0 Å². The van der Waals surface area contributed by atoms with Crippen molar-refractivity contribution in [2.24, 2.45) is 34.5 Å². The topological polar surface area (TPSA) is 47.6 Å². The van der Waals surface area contributed by atoms with Gasteiger partial charge in [-0.25, -0.2) is 0 Å². The molecule has 0 saturated heterocycles. The first-order chi connectivity index (χ1) is 16.2. The number of hydrogen-bond donors (Lipinski definition) is 1. The summed E-state index contributed by atoms with van der Waals surface area (Å²) in [7, 11) is 1.77. The monoisotopic (exact) mass is 463 g/mol. The molecule has 0 bridgehead atoms. The standard InChI is InChI=1S/C30H41NO3/c1-17-23-15-20(33-5)7-9-26(23)31-27-16-25-22-8-6-19-14-21(34-18(2)32)10-12-29(19,3)24(22)11-13-30(25,4)28(17)27/h6-7,9,15,17,21-22,24-25,27-28,31H,8,10-14,16H2,1-5H3/t17-,21+,22-,24+,25+,27+,28+,29+,30+/m1/s1. The highest BCUT2D eigenvalue weighted by Gasteiger charge is 2.63. The Morgan fingerprint density at radius 3 is 2.74 bits per heavy atom. The van der Waals surface area contributed by atoms with E-state index < -0.39 is 0 Å². The van der Waals surface area contributed by atoms with Crippen LogP contribution in [-0.4, -0.2) is 25.2 Å². The minimum absolute atomic E-state index is 0.0807. The molecule has 0 radical (unpaired) electrons. The number of allylic oxidation sites excluding steroid dienone is 1. The summed E-state index contributed by atoms with van der Waals surface area (Å²) in [6.07, 6.45) is 10.9. The minimum Gasteiger partial charge on any atom is -0.497 e. The highest BCUT2D eigenvalue weighted by molar-refractivity contribution is 5.66. The van der Waals surface area contributed by atoms with E-state index in [1.165, 1.54) is 36.9 Å². The molecule has 4 aliphatic carbocycles. The van der Waals surface area contributed by atoms with Gasteiger partial charge in [0.05, 0.1) is 7.11 Å². The Kier molecular flexibility index (Phi) is 5.14. The van der Waals surface area contributed by atoms with Crippen LogP contribution in [0, 0.1) is 34.5 Å². The largest absolute Gasteiger partial charge is 0.497 e. The van der Waals surface area contributed by atoms with Crippen LogP contribution in [0.3, 0.4) is 0 Å². The van der Waals surface area contributed by atoms with E-state index in [1.54, 1.807) is 19.6 Å². The summed E-state index contributed by atoms with van der Waals surface area (Å²) in [6.45, 7) is 9.17. The molecule has 1 N–H and O–H groups in total. The molecule has 4 heteroatoms. The Labute approximate surface area is 204 Å². The van der Waals surface area contributed by atoms with Crippen LogP contribution in [0.25, 0.3) is 0 Å². The van der Waals surface area contributed by atoms with Crippen molar-refractivity contribution < 1.29 is 14.3 Å². The van der Waals surface area contributed by atoms with Gasteiger partial charge in [-0.2, -0.15) is 0 Å². The van der Waals surface area contributed by atoms with Crippen LogP contribution in [0.2, 0.25) is 0 Å². The van der Waals surface area contributed by atoms with Gasteiger partial charge < -0.3 is 14.8 Å². The van der Waals surface area contributed by atoms with Gasteiger partial charge >= 0.3 is 5.97 Å². The van der Waals surface area contributed by atoms with E-state index in [4.69, 9.17) is 9.47 Å². The van der Waals surface area contributed by atoms with E-state index in [2.05, 4.69) is 50.4 Å². The SMILES string of the molecule is COc1ccc2c(c1)[C@@H](C)[C@H]1[C@H](C[C@H]3[C@@H]4CC=C5C[C@@H](OC(C)=O)CC[C@]5(C)[C@H]4CC[C@]13C)N2. The fourth-order valence-corrected chi connectivity index (χ4v) is 9.69. The molecular formula is C30H41NO3. The molecule has 184 valence electrons. The first kappa shape index (κ1) is 22.5. The van der Waals surface area contributed by atoms with E-state index in [9.17, 15) is 4.79 Å². The van der Waals surface area contributed by atoms with Crippen LogP contribution < -0.4 is 10.1 Å². The lowest BCUT2D eigenvalue weighted by atomic mass is 9.47. The van der Waals surface area contributed by atoms with Crippen molar-refractivity contribution in [3.63, 3.8) is 0 Å². The zero-order chi connectivity index (χ0) is 23.8. The number of carbonyl (C=O) groups is 1. The van der Waals surface area contributed by atoms with Crippen molar-refractivity contribution in [2.45, 2.75) is 90.7 Å². The predicted molar refractivity (Wildman–Crippen MR) is 135 cm³/mol. The summed E-state index contributed by atoms with van der Waals surface area (Å²) in [5, 5.41) is 3.99. The zero-order valence-electron chi connectivity index (χ0n) is 21.5. The molecule has 6 rings (SSSR count). The third-order valence-electron chi connectivity index (χ3n) is 11.2. The molecule has 3 fully saturated rings. The van der Waals surface area contributed by atoms with Crippen LogP contribution >= 0.6 is 0 Å². The molecule has 0 aromatic heterocycles. The Balaban J connectivity index is 1.29. The third-order valence-corrected chi connectivity index (χ3v) is 11.2. The number of nitrogens with one attached hydrogen (secondary N) is 1. The summed E-state index contributed by atoms with van der Waals surface area (Å²) in [5.74, 6) is 4.37. The Morgan fingerprint density at radius 1 is 1.15 bits per heavy atom. The highest BCUT2D eigenvalue weighted by atomic mass is 16.5. The van der Waals surface area contributed by atoms with Gasteiger partial charge in [-0.1, -0.05) is 32.4 Å². The summed E-state index contributed by atoms with van der Waals surface area (Å²) < 4.78 is 11.2. The third kappa shape index (κ3) is 3.12. The summed E-state index contributed by atoms with van der Waals surface area (Å²) in [5.41, 5.74) is 5.00. The molecule has 0 unspecified atom stereocenters. The molecule has 1 aromatic carbocycles. The second kappa shape index (κ2) is 7.77. The quantitative estimate of drug-likeness (QED) is 0.391. The van der Waals surface area contributed by atoms with Gasteiger partial charge in [-0.05, 0) is 103 Å². The van der Waals surface area contributed by atoms with Gasteiger partial charge in [-0.15, -0.1) is 0 Å². The van der Waals surface area contributed by atoms with Gasteiger partial charge in [0.1, 0.15) is 11.9 Å². The van der Waals surface area contributed by atoms with Gasteiger partial charge in [0.15, 0.2) is 0 Å². The lowest BCUT2D eigenvalue weighted by Crippen LogP contribution is -2.51. The maximum Gasteiger partial charge on any atom is 0.302 e. The number of anilines is 1. The molecule has 5 aliphatic rings. The van der Waals surface area contributed by atoms with Gasteiger partial charge in [0, 0.05) is 25.1 Å². The van der Waals surface area contributed by atoms with Gasteiger partial charge in [-0.3, -0.25) is 4.79 Å². The van der Waals surface area contributed by atoms with Crippen molar-refractivity contribution >= 4 is 11.7 Å². The Bertz CT molecular complexity index is 1030. The number of carbonyl (C=O) groups excluding carboxylic acids is 1. The number of esters is 1. The zero-order valence-corrected chi connectivity index (χ0v) is 21.5. The fourth-order valence-electron chi connectivity index (χ4n) is 9.69. The number of ether oxygens (including phenoxy) is 2. The average molecular weight is 464 g/mol. The fraction of sp³-hybridized carbons (Fsp3) is 0.700. The summed E-state index contributed by atoms with van der Waals surface area (Å²) >= 11 is 0. The van der Waals surface area contributed by atoms with Gasteiger partial charge in [0.2, 0.25) is 0 Å². The van der Waals surface area contributed by atoms with E-state index >= 15 is 0 Å². The second-order valence-electron chi connectivity index (χ2n) is 12.5. The normalized spacial score (nSPS) is 44.3. The molecule has 1 aliphatic heterocycles. The van der Waals surface area contributed by atoms with E-state index in [0.29, 0.717) is 23.3 Å². The van der Waals surface area contributed by atoms with Crippen LogP contribution in [0.1, 0.15) is 84.1 Å². The molecule has 1 heterocycles. The summed E-state index contributed by atoms with van der Waals surface area (Å²) in [4.78, 5) is 11.6. The van der Waals surface area contributed by atoms with Crippen molar-refractivity contribution in [2.75, 3.05) is 12.4 Å².